The van der Waals surface area contributed by atoms with E-state index in [-0.39, 0.29) is 6.42 Å². The molecule has 0 heterocycles. The fraction of sp³-hybridized carbons (Fsp3) is 0.222. The number of rotatable bonds is 4. The van der Waals surface area contributed by atoms with Crippen LogP contribution in [0.25, 0.3) is 10.4 Å². The monoisotopic (exact) mass is 206 g/mol. The van der Waals surface area contributed by atoms with Crippen LogP contribution in [-0.2, 0) is 11.2 Å². The second-order valence-corrected chi connectivity index (χ2v) is 3.08. The van der Waals surface area contributed by atoms with Crippen molar-refractivity contribution in [1.29, 1.82) is 0 Å². The van der Waals surface area contributed by atoms with Crippen molar-refractivity contribution in [2.75, 3.05) is 0 Å². The Morgan fingerprint density at radius 3 is 2.60 bits per heavy atom. The number of carboxylic acids is 1. The Morgan fingerprint density at radius 1 is 1.53 bits per heavy atom. The smallest absolute Gasteiger partial charge is 0.330 e. The maximum Gasteiger partial charge on any atom is 0.330 e. The predicted molar refractivity (Wildman–Crippen MR) is 53.8 cm³/mol. The van der Waals surface area contributed by atoms with Crippen molar-refractivity contribution in [2.45, 2.75) is 12.1 Å². The molecule has 0 saturated carbocycles. The number of nitrogens with two attached hydrogens (primary N) is 1. The molecule has 1 atom stereocenters. The number of carboxylic acid groups (broad SMARTS) is 1. The van der Waals surface area contributed by atoms with Gasteiger partial charge in [-0.2, -0.15) is 0 Å². The molecule has 0 saturated heterocycles. The number of hydrogen-bond acceptors (Lipinski definition) is 3. The lowest BCUT2D eigenvalue weighted by Crippen LogP contribution is -2.47. The maximum absolute atomic E-state index is 10.8. The molecule has 0 unspecified atom stereocenters. The van der Waals surface area contributed by atoms with Gasteiger partial charge in [0.1, 0.15) is 0 Å². The van der Waals surface area contributed by atoms with Crippen LogP contribution < -0.4 is 5.73 Å². The van der Waals surface area contributed by atoms with E-state index in [0.29, 0.717) is 5.56 Å². The molecule has 78 valence electrons. The third kappa shape index (κ3) is 2.70. The Hall–Kier alpha value is -2.04. The van der Waals surface area contributed by atoms with Crippen LogP contribution in [0.5, 0.6) is 0 Å². The minimum Gasteiger partial charge on any atom is -0.480 e. The third-order valence-corrected chi connectivity index (χ3v) is 1.91. The Morgan fingerprint density at radius 2 is 2.13 bits per heavy atom. The Labute approximate surface area is 86.0 Å². The lowest BCUT2D eigenvalue weighted by atomic mass is 10.0. The topological polar surface area (TPSA) is 112 Å². The SMILES string of the molecule is [N-]=[N+]=N[C@](N)(Cc1ccccc1)C(=O)O. The van der Waals surface area contributed by atoms with Gasteiger partial charge in [-0.3, -0.25) is 4.79 Å². The molecular weight excluding hydrogens is 196 g/mol. The van der Waals surface area contributed by atoms with Crippen LogP contribution in [0.1, 0.15) is 5.56 Å². The second-order valence-electron chi connectivity index (χ2n) is 3.08. The van der Waals surface area contributed by atoms with E-state index in [2.05, 4.69) is 10.0 Å². The zero-order valence-electron chi connectivity index (χ0n) is 7.87. The summed E-state index contributed by atoms with van der Waals surface area (Å²) in [5.74, 6) is -1.34. The van der Waals surface area contributed by atoms with Gasteiger partial charge in [-0.05, 0) is 11.1 Å². The van der Waals surface area contributed by atoms with E-state index >= 15 is 0 Å². The number of aliphatic carboxylic acids is 1. The van der Waals surface area contributed by atoms with Gasteiger partial charge >= 0.3 is 5.97 Å². The van der Waals surface area contributed by atoms with E-state index in [4.69, 9.17) is 16.4 Å². The van der Waals surface area contributed by atoms with Crippen LogP contribution in [0.2, 0.25) is 0 Å². The fourth-order valence-corrected chi connectivity index (χ4v) is 1.14. The van der Waals surface area contributed by atoms with Crippen molar-refractivity contribution in [3.8, 4) is 0 Å². The highest BCUT2D eigenvalue weighted by molar-refractivity contribution is 5.78. The number of benzene rings is 1. The normalized spacial score (nSPS) is 13.7. The molecular formula is C9H10N4O2. The fourth-order valence-electron chi connectivity index (χ4n) is 1.14. The molecule has 0 aromatic heterocycles. The van der Waals surface area contributed by atoms with Crippen molar-refractivity contribution < 1.29 is 9.90 Å². The van der Waals surface area contributed by atoms with E-state index in [9.17, 15) is 4.79 Å². The van der Waals surface area contributed by atoms with Gasteiger partial charge in [0, 0.05) is 11.3 Å². The third-order valence-electron chi connectivity index (χ3n) is 1.91. The molecule has 1 aromatic rings. The first kappa shape index (κ1) is 11.0. The first-order chi connectivity index (χ1) is 7.08. The number of carbonyl (C=O) groups is 1. The first-order valence-corrected chi connectivity index (χ1v) is 4.21. The highest BCUT2D eigenvalue weighted by atomic mass is 16.4. The summed E-state index contributed by atoms with van der Waals surface area (Å²) in [5.41, 5.74) is 12.5. The Bertz CT molecular complexity index is 396. The molecule has 0 aliphatic heterocycles. The van der Waals surface area contributed by atoms with Gasteiger partial charge < -0.3 is 10.8 Å². The van der Waals surface area contributed by atoms with Gasteiger partial charge in [0.05, 0.1) is 0 Å². The van der Waals surface area contributed by atoms with E-state index in [1.807, 2.05) is 0 Å². The molecule has 0 aliphatic carbocycles. The number of azide groups is 1. The van der Waals surface area contributed by atoms with Crippen molar-refractivity contribution >= 4 is 5.97 Å². The summed E-state index contributed by atoms with van der Waals surface area (Å²) >= 11 is 0. The van der Waals surface area contributed by atoms with Crippen molar-refractivity contribution in [2.24, 2.45) is 10.8 Å². The quantitative estimate of drug-likeness (QED) is 0.439. The van der Waals surface area contributed by atoms with E-state index in [1.54, 1.807) is 30.3 Å². The molecule has 15 heavy (non-hydrogen) atoms. The molecule has 0 fully saturated rings. The van der Waals surface area contributed by atoms with Crippen molar-refractivity contribution in [1.82, 2.24) is 0 Å². The standard InChI is InChI=1S/C9H10N4O2/c10-9(8(14)15,12-13-11)6-7-4-2-1-3-5-7/h1-5H,6,10H2,(H,14,15)/t9-/m1/s1. The highest BCUT2D eigenvalue weighted by Crippen LogP contribution is 2.13. The first-order valence-electron chi connectivity index (χ1n) is 4.21. The van der Waals surface area contributed by atoms with Crippen molar-refractivity contribution in [3.05, 3.63) is 46.3 Å². The Balaban J connectivity index is 2.95. The zero-order chi connectivity index (χ0) is 11.3. The summed E-state index contributed by atoms with van der Waals surface area (Å²) in [6.07, 6.45) is -0.0345. The van der Waals surface area contributed by atoms with Gasteiger partial charge in [0.15, 0.2) is 5.66 Å². The van der Waals surface area contributed by atoms with Crippen molar-refractivity contribution in [3.63, 3.8) is 0 Å². The van der Waals surface area contributed by atoms with E-state index in [0.717, 1.165) is 0 Å². The number of hydrogen-bond donors (Lipinski definition) is 2. The van der Waals surface area contributed by atoms with Crippen LogP contribution in [0.4, 0.5) is 0 Å². The van der Waals surface area contributed by atoms with Gasteiger partial charge in [0.2, 0.25) is 0 Å². The summed E-state index contributed by atoms with van der Waals surface area (Å²) in [7, 11) is 0. The minimum absolute atomic E-state index is 0.0345. The molecule has 0 spiro atoms. The predicted octanol–water partition coefficient (Wildman–Crippen LogP) is 1.28. The average Bonchev–Trinajstić information content (AvgIpc) is 2.19. The number of nitrogens with zero attached hydrogens (tertiary/aromatic N) is 3. The average molecular weight is 206 g/mol. The van der Waals surface area contributed by atoms with Crippen LogP contribution >= 0.6 is 0 Å². The summed E-state index contributed by atoms with van der Waals surface area (Å²) in [6.45, 7) is 0. The lowest BCUT2D eigenvalue weighted by Gasteiger charge is -2.18. The van der Waals surface area contributed by atoms with Crippen LogP contribution in [0, 0.1) is 0 Å². The molecule has 3 N–H and O–H groups in total. The summed E-state index contributed by atoms with van der Waals surface area (Å²) in [5, 5.41) is 11.9. The van der Waals surface area contributed by atoms with Crippen LogP contribution in [0.3, 0.4) is 0 Å². The Kier molecular flexibility index (Phi) is 3.28. The van der Waals surface area contributed by atoms with Gasteiger partial charge in [0.25, 0.3) is 0 Å². The van der Waals surface area contributed by atoms with Gasteiger partial charge in [-0.15, -0.1) is 0 Å². The van der Waals surface area contributed by atoms with Gasteiger partial charge in [-0.1, -0.05) is 35.4 Å². The van der Waals surface area contributed by atoms with E-state index in [1.165, 1.54) is 0 Å². The zero-order valence-corrected chi connectivity index (χ0v) is 7.87. The molecule has 0 bridgehead atoms. The molecule has 1 aromatic carbocycles. The summed E-state index contributed by atoms with van der Waals surface area (Å²) in [6, 6.07) is 8.76. The van der Waals surface area contributed by atoms with Gasteiger partial charge in [-0.25, -0.2) is 0 Å². The maximum atomic E-state index is 10.8. The highest BCUT2D eigenvalue weighted by Gasteiger charge is 2.32. The molecule has 0 amide bonds. The van der Waals surface area contributed by atoms with E-state index < -0.39 is 11.6 Å². The molecule has 6 heteroatoms. The molecule has 0 radical (unpaired) electrons. The molecule has 6 nitrogen and oxygen atoms in total. The van der Waals surface area contributed by atoms with Crippen LogP contribution in [0.15, 0.2) is 35.4 Å². The largest absolute Gasteiger partial charge is 0.480 e. The lowest BCUT2D eigenvalue weighted by molar-refractivity contribution is -0.143. The summed E-state index contributed by atoms with van der Waals surface area (Å²) < 4.78 is 0. The molecule has 0 aliphatic rings. The minimum atomic E-state index is -1.92. The molecule has 1 rings (SSSR count). The van der Waals surface area contributed by atoms with Crippen LogP contribution in [-0.4, -0.2) is 16.7 Å². The second kappa shape index (κ2) is 4.45. The summed E-state index contributed by atoms with van der Waals surface area (Å²) in [4.78, 5) is 13.3.